The molecule has 47 heavy (non-hydrogen) atoms. The first-order valence-electron chi connectivity index (χ1n) is 14.2. The van der Waals surface area contributed by atoms with Crippen LogP contribution in [0, 0.1) is 0 Å². The van der Waals surface area contributed by atoms with Crippen LogP contribution in [0.2, 0.25) is 0 Å². The molecule has 3 atom stereocenters. The number of fused-ring (bicyclic) bond motifs is 2. The van der Waals surface area contributed by atoms with Gasteiger partial charge in [0, 0.05) is 30.4 Å². The zero-order valence-electron chi connectivity index (χ0n) is 25.4. The molecule has 2 aliphatic rings. The van der Waals surface area contributed by atoms with Gasteiger partial charge in [0.15, 0.2) is 23.6 Å². The number of carbonyl (C=O) groups is 4. The second-order valence-electron chi connectivity index (χ2n) is 11.2. The number of carbonyl (C=O) groups excluding carboxylic acids is 2. The number of anilines is 1. The van der Waals surface area contributed by atoms with E-state index in [2.05, 4.69) is 41.3 Å². The molecular weight excluding hydrogens is 720 g/mol. The maximum absolute atomic E-state index is 13.6. The number of halogens is 1. The maximum Gasteiger partial charge on any atom is 0.352 e. The van der Waals surface area contributed by atoms with E-state index in [9.17, 15) is 33.6 Å². The fourth-order valence-electron chi connectivity index (χ4n) is 5.22. The second kappa shape index (κ2) is 13.5. The summed E-state index contributed by atoms with van der Waals surface area (Å²) in [6.45, 7) is 4.14. The number of rotatable bonds is 13. The zero-order valence-corrected chi connectivity index (χ0v) is 28.6. The van der Waals surface area contributed by atoms with Crippen molar-refractivity contribution in [2.75, 3.05) is 25.1 Å². The summed E-state index contributed by atoms with van der Waals surface area (Å²) in [5.41, 5.74) is 5.16. The lowest BCUT2D eigenvalue weighted by Gasteiger charge is -2.48. The van der Waals surface area contributed by atoms with Gasteiger partial charge in [0.1, 0.15) is 32.1 Å². The van der Waals surface area contributed by atoms with Gasteiger partial charge in [-0.3, -0.25) is 18.7 Å². The molecule has 6 N–H and O–H groups in total. The smallest absolute Gasteiger partial charge is 0.352 e. The Hall–Kier alpha value is -4.20. The monoisotopic (exact) mass is 751 g/mol. The molecule has 3 unspecified atom stereocenters. The third-order valence-corrected chi connectivity index (χ3v) is 10.8. The minimum Gasteiger partial charge on any atom is -0.478 e. The summed E-state index contributed by atoms with van der Waals surface area (Å²) in [5, 5.41) is 27.8. The number of aryl methyl sites for hydroxylation is 1. The number of β-lactam (4-membered cyclic amide) rings is 1. The van der Waals surface area contributed by atoms with Crippen LogP contribution < -0.4 is 20.9 Å². The molecular formula is C28H32BrN8O8S2+. The Bertz CT molecular complexity index is 1870. The van der Waals surface area contributed by atoms with E-state index in [0.717, 1.165) is 46.8 Å². The standard InChI is InChI=1S/C28H31BrN8O8S2/c1-28(2,26(42)43)45-34-18(17-21(29)46-27(30)33-17)22(38)32-19-23(39)37-20(25(40)41)14(13-47(44)24(19)37)12-36-9-4-6-15-16(36)7-11-35(15)10-5-8-31-3/h4,6-7,9,11,19,24,31H,5,8,10,12-13H2,1-3H3,(H4-,30,32,33,38,40,41,42,43)/p+1. The highest BCUT2D eigenvalue weighted by molar-refractivity contribution is 9.11. The molecule has 2 amide bonds. The Labute approximate surface area is 282 Å². The van der Waals surface area contributed by atoms with Gasteiger partial charge in [-0.2, -0.15) is 4.57 Å². The highest BCUT2D eigenvalue weighted by Gasteiger charge is 2.58. The van der Waals surface area contributed by atoms with Crippen LogP contribution in [0.5, 0.6) is 0 Å². The van der Waals surface area contributed by atoms with Gasteiger partial charge in [-0.05, 0) is 55.9 Å². The number of pyridine rings is 1. The average molecular weight is 753 g/mol. The van der Waals surface area contributed by atoms with E-state index in [0.29, 0.717) is 5.57 Å². The van der Waals surface area contributed by atoms with Gasteiger partial charge in [0.25, 0.3) is 11.8 Å². The molecule has 0 spiro atoms. The molecule has 1 fully saturated rings. The van der Waals surface area contributed by atoms with Gasteiger partial charge in [0.2, 0.25) is 11.1 Å². The van der Waals surface area contributed by atoms with Crippen molar-refractivity contribution in [3.63, 3.8) is 0 Å². The number of aromatic nitrogens is 3. The third-order valence-electron chi connectivity index (χ3n) is 7.62. The van der Waals surface area contributed by atoms with Gasteiger partial charge < -0.3 is 36.0 Å². The number of carboxylic acids is 2. The molecule has 3 aromatic rings. The number of aliphatic carboxylic acids is 2. The minimum absolute atomic E-state index is 0.0619. The quantitative estimate of drug-likeness (QED) is 0.0528. The van der Waals surface area contributed by atoms with Crippen molar-refractivity contribution in [3.8, 4) is 0 Å². The topological polar surface area (TPSA) is 222 Å². The summed E-state index contributed by atoms with van der Waals surface area (Å²) in [7, 11) is 0.0862. The molecule has 0 aliphatic carbocycles. The highest BCUT2D eigenvalue weighted by atomic mass is 79.9. The Balaban J connectivity index is 1.41. The van der Waals surface area contributed by atoms with E-state index >= 15 is 0 Å². The fraction of sp³-hybridized carbons (Fsp3) is 0.393. The van der Waals surface area contributed by atoms with Gasteiger partial charge in [-0.25, -0.2) is 14.6 Å². The number of nitrogens with zero attached hydrogens (tertiary/aromatic N) is 5. The molecule has 19 heteroatoms. The number of hydrogen-bond acceptors (Lipinski definition) is 11. The van der Waals surface area contributed by atoms with Crippen LogP contribution >= 0.6 is 27.3 Å². The molecule has 5 heterocycles. The normalized spacial score (nSPS) is 19.8. The number of oxime groups is 1. The van der Waals surface area contributed by atoms with E-state index in [1.165, 1.54) is 13.8 Å². The summed E-state index contributed by atoms with van der Waals surface area (Å²) < 4.78 is 17.8. The lowest BCUT2D eigenvalue weighted by Crippen LogP contribution is -2.74. The Morgan fingerprint density at radius 3 is 2.70 bits per heavy atom. The van der Waals surface area contributed by atoms with Crippen molar-refractivity contribution < 1.29 is 43.0 Å². The molecule has 250 valence electrons. The van der Waals surface area contributed by atoms with E-state index in [-0.39, 0.29) is 32.6 Å². The molecule has 1 saturated heterocycles. The molecule has 0 saturated carbocycles. The average Bonchev–Trinajstić information content (AvgIpc) is 3.57. The van der Waals surface area contributed by atoms with E-state index < -0.39 is 57.3 Å². The van der Waals surface area contributed by atoms with Crippen LogP contribution in [0.1, 0.15) is 26.0 Å². The van der Waals surface area contributed by atoms with Crippen LogP contribution in [0.3, 0.4) is 0 Å². The van der Waals surface area contributed by atoms with Crippen LogP contribution in [-0.2, 0) is 47.9 Å². The number of nitrogen functional groups attached to an aromatic ring is 1. The predicted molar refractivity (Wildman–Crippen MR) is 174 cm³/mol. The van der Waals surface area contributed by atoms with Crippen molar-refractivity contribution in [1.82, 2.24) is 25.1 Å². The molecule has 3 aromatic heterocycles. The number of amides is 2. The Kier molecular flexibility index (Phi) is 9.81. The highest BCUT2D eigenvalue weighted by Crippen LogP contribution is 2.35. The Morgan fingerprint density at radius 2 is 2.06 bits per heavy atom. The number of nitrogens with one attached hydrogen (secondary N) is 2. The van der Waals surface area contributed by atoms with Gasteiger partial charge in [0.05, 0.1) is 16.6 Å². The van der Waals surface area contributed by atoms with E-state index in [4.69, 9.17) is 10.6 Å². The van der Waals surface area contributed by atoms with Crippen molar-refractivity contribution in [2.45, 2.75) is 50.4 Å². The summed E-state index contributed by atoms with van der Waals surface area (Å²) in [5.74, 6) is -4.67. The first-order chi connectivity index (χ1) is 22.2. The molecule has 5 rings (SSSR count). The molecule has 0 radical (unpaired) electrons. The molecule has 16 nitrogen and oxygen atoms in total. The summed E-state index contributed by atoms with van der Waals surface area (Å²) in [4.78, 5) is 61.1. The summed E-state index contributed by atoms with van der Waals surface area (Å²) in [6.07, 6.45) is 4.66. The first kappa shape index (κ1) is 34.1. The lowest BCUT2D eigenvalue weighted by molar-refractivity contribution is -0.663. The van der Waals surface area contributed by atoms with Crippen LogP contribution in [0.4, 0.5) is 5.13 Å². The Morgan fingerprint density at radius 1 is 1.32 bits per heavy atom. The molecule has 0 aromatic carbocycles. The number of thiazole rings is 1. The summed E-state index contributed by atoms with van der Waals surface area (Å²) in [6, 6.07) is 4.36. The second-order valence-corrected chi connectivity index (χ2v) is 15.1. The van der Waals surface area contributed by atoms with Crippen molar-refractivity contribution in [2.24, 2.45) is 5.16 Å². The number of nitrogens with two attached hydrogens (primary N) is 1. The van der Waals surface area contributed by atoms with Crippen LogP contribution in [0.15, 0.2) is 50.8 Å². The maximum atomic E-state index is 13.6. The zero-order chi connectivity index (χ0) is 34.2. The predicted octanol–water partition coefficient (Wildman–Crippen LogP) is 0.378. The van der Waals surface area contributed by atoms with Crippen LogP contribution in [0.25, 0.3) is 11.0 Å². The number of hydrogen-bond donors (Lipinski definition) is 5. The van der Waals surface area contributed by atoms with E-state index in [1.807, 2.05) is 36.0 Å². The third kappa shape index (κ3) is 6.65. The first-order valence-corrected chi connectivity index (χ1v) is 17.2. The van der Waals surface area contributed by atoms with Gasteiger partial charge in [-0.15, -0.1) is 0 Å². The largest absolute Gasteiger partial charge is 0.478 e. The molecule has 0 bridgehead atoms. The number of carboxylic acid groups (broad SMARTS) is 2. The fourth-order valence-corrected chi connectivity index (χ4v) is 8.23. The SMILES string of the molecule is CNCCCn1ccc2c1ccc[n+]2CC1=C(C(=O)O)N2C(=O)C(NC(=O)C(=NOC(C)(C)C(=O)O)c3nc(N)sc3Br)C2S(=O)C1. The van der Waals surface area contributed by atoms with E-state index in [1.54, 1.807) is 6.20 Å². The van der Waals surface area contributed by atoms with Crippen LogP contribution in [-0.4, -0.2) is 94.7 Å². The van der Waals surface area contributed by atoms with Crippen molar-refractivity contribution in [1.29, 1.82) is 0 Å². The summed E-state index contributed by atoms with van der Waals surface area (Å²) >= 11 is 4.21. The van der Waals surface area contributed by atoms with Crippen molar-refractivity contribution in [3.05, 3.63) is 51.3 Å². The lowest BCUT2D eigenvalue weighted by atomic mass is 10.0. The minimum atomic E-state index is -1.83. The van der Waals surface area contributed by atoms with Gasteiger partial charge in [-0.1, -0.05) is 16.5 Å². The molecule has 2 aliphatic heterocycles. The van der Waals surface area contributed by atoms with Gasteiger partial charge >= 0.3 is 11.9 Å². The van der Waals surface area contributed by atoms with Crippen molar-refractivity contribution >= 4 is 83.7 Å².